The second kappa shape index (κ2) is 23.7. The topological polar surface area (TPSA) is 100 Å². The fraction of sp³-hybridized carbons (Fsp3) is 0.161. The van der Waals surface area contributed by atoms with E-state index in [4.69, 9.17) is 23.8 Å². The molecule has 2 aliphatic carbocycles. The highest BCUT2D eigenvalue weighted by Gasteiger charge is 2.36. The third kappa shape index (κ3) is 10.8. The average Bonchev–Trinajstić information content (AvgIpc) is 3.93. The Morgan fingerprint density at radius 2 is 0.736 bits per heavy atom. The van der Waals surface area contributed by atoms with Crippen LogP contribution in [0.15, 0.2) is 237 Å². The van der Waals surface area contributed by atoms with Crippen molar-refractivity contribution in [2.24, 2.45) is 0 Å². The fourth-order valence-electron chi connectivity index (χ4n) is 9.83. The molecule has 0 bridgehead atoms. The standard InChI is InChI=1S/C22H21BO3.2C20H18NO2/c24-23(25)26-18-10-17-22(19-11-4-1-5-12-19,20-13-6-2-7-14-20)21-15-8-3-9-16-21;2*1-2-22-21-14-8-7-13-19(21)23-20-17-11-5-3-9-15(17)16-10-4-6-12-18(16)20/h1-9,11-16H,10,17-18H2;2*3-14,20H,2H2,1H3/q-2;2*+1. The molecule has 2 heterocycles. The van der Waals surface area contributed by atoms with Crippen LogP contribution < -0.4 is 38.7 Å². The molecule has 0 radical (unpaired) electrons. The zero-order chi connectivity index (χ0) is 49.5. The summed E-state index contributed by atoms with van der Waals surface area (Å²) in [7, 11) is -2.23. The molecule has 72 heavy (non-hydrogen) atoms. The van der Waals surface area contributed by atoms with Crippen LogP contribution >= 0.6 is 0 Å². The smallest absolute Gasteiger partial charge is 0.417 e. The predicted molar refractivity (Wildman–Crippen MR) is 276 cm³/mol. The Hall–Kier alpha value is -8.02. The van der Waals surface area contributed by atoms with Gasteiger partial charge in [0, 0.05) is 55.9 Å². The second-order valence-electron chi connectivity index (χ2n) is 17.2. The molecule has 10 heteroatoms. The predicted octanol–water partition coefficient (Wildman–Crippen LogP) is 9.67. The summed E-state index contributed by atoms with van der Waals surface area (Å²) in [6, 6.07) is 76.3. The Morgan fingerprint density at radius 3 is 1.07 bits per heavy atom. The molecule has 0 fully saturated rings. The second-order valence-corrected chi connectivity index (χ2v) is 17.2. The molecule has 2 aromatic heterocycles. The number of rotatable bonds is 16. The van der Waals surface area contributed by atoms with Gasteiger partial charge in [0.15, 0.2) is 25.4 Å². The Balaban J connectivity index is 0.000000134. The first-order chi connectivity index (χ1) is 35.5. The number of ether oxygens (including phenoxy) is 2. The van der Waals surface area contributed by atoms with E-state index in [0.29, 0.717) is 31.4 Å². The van der Waals surface area contributed by atoms with Crippen molar-refractivity contribution >= 4 is 7.32 Å². The van der Waals surface area contributed by atoms with E-state index in [0.717, 1.165) is 6.42 Å². The summed E-state index contributed by atoms with van der Waals surface area (Å²) in [5.74, 6) is 1.40. The maximum absolute atomic E-state index is 10.7. The number of hydrogen-bond acceptors (Lipinski definition) is 7. The van der Waals surface area contributed by atoms with E-state index in [2.05, 4.69) is 133 Å². The highest BCUT2D eigenvalue weighted by atomic mass is 16.7. The molecular weight excluding hydrogens is 896 g/mol. The van der Waals surface area contributed by atoms with Gasteiger partial charge >= 0.3 is 11.8 Å². The molecule has 9 aromatic rings. The zero-order valence-electron chi connectivity index (χ0n) is 40.5. The van der Waals surface area contributed by atoms with Gasteiger partial charge in [0.05, 0.1) is 19.5 Å². The van der Waals surface area contributed by atoms with Gasteiger partial charge in [-0.2, -0.15) is 0 Å². The zero-order valence-corrected chi connectivity index (χ0v) is 40.5. The maximum atomic E-state index is 10.7. The average molecular weight is 953 g/mol. The van der Waals surface area contributed by atoms with Gasteiger partial charge in [-0.3, -0.25) is 9.68 Å². The van der Waals surface area contributed by atoms with Crippen molar-refractivity contribution < 1.29 is 43.3 Å². The maximum Gasteiger partial charge on any atom is 0.417 e. The van der Waals surface area contributed by atoms with Crippen LogP contribution in [0.5, 0.6) is 11.8 Å². The molecule has 7 aromatic carbocycles. The van der Waals surface area contributed by atoms with Crippen LogP contribution in [-0.2, 0) is 10.1 Å². The van der Waals surface area contributed by atoms with E-state index >= 15 is 0 Å². The van der Waals surface area contributed by atoms with Crippen LogP contribution in [0.1, 0.15) is 77.8 Å². The van der Waals surface area contributed by atoms with E-state index in [9.17, 15) is 10.0 Å². The molecular formula is C62H57BN2O7. The molecule has 11 rings (SSSR count). The molecule has 0 saturated heterocycles. The van der Waals surface area contributed by atoms with Crippen molar-refractivity contribution in [2.45, 2.75) is 44.3 Å². The third-order valence-electron chi connectivity index (χ3n) is 12.9. The van der Waals surface area contributed by atoms with Crippen molar-refractivity contribution in [3.8, 4) is 34.0 Å². The lowest BCUT2D eigenvalue weighted by Crippen LogP contribution is -2.48. The molecule has 2 aliphatic rings. The first kappa shape index (κ1) is 49.0. The Kier molecular flexibility index (Phi) is 16.1. The molecule has 0 saturated carbocycles. The molecule has 0 unspecified atom stereocenters. The molecule has 0 aliphatic heterocycles. The highest BCUT2D eigenvalue weighted by molar-refractivity contribution is 6.28. The largest absolute Gasteiger partial charge is 0.871 e. The van der Waals surface area contributed by atoms with E-state index in [1.54, 1.807) is 9.46 Å². The highest BCUT2D eigenvalue weighted by Crippen LogP contribution is 2.47. The molecule has 0 spiro atoms. The van der Waals surface area contributed by atoms with Crippen molar-refractivity contribution in [2.75, 3.05) is 19.8 Å². The van der Waals surface area contributed by atoms with Crippen LogP contribution in [0.2, 0.25) is 0 Å². The van der Waals surface area contributed by atoms with E-state index in [-0.39, 0.29) is 24.2 Å². The third-order valence-corrected chi connectivity index (χ3v) is 12.9. The summed E-state index contributed by atoms with van der Waals surface area (Å²) in [6.07, 6.45) is 4.85. The van der Waals surface area contributed by atoms with E-state index in [1.807, 2.05) is 117 Å². The quantitative estimate of drug-likeness (QED) is 0.0412. The van der Waals surface area contributed by atoms with Crippen LogP contribution in [0, 0.1) is 0 Å². The van der Waals surface area contributed by atoms with Crippen molar-refractivity contribution in [1.29, 1.82) is 0 Å². The van der Waals surface area contributed by atoms with Gasteiger partial charge in [-0.1, -0.05) is 188 Å². The van der Waals surface area contributed by atoms with Gasteiger partial charge in [-0.15, -0.1) is 0 Å². The lowest BCUT2D eigenvalue weighted by molar-refractivity contribution is -0.893. The van der Waals surface area contributed by atoms with Crippen molar-refractivity contribution in [3.05, 3.63) is 276 Å². The molecule has 0 amide bonds. The van der Waals surface area contributed by atoms with Crippen LogP contribution in [-0.4, -0.2) is 27.1 Å². The van der Waals surface area contributed by atoms with Crippen LogP contribution in [0.4, 0.5) is 0 Å². The van der Waals surface area contributed by atoms with Crippen molar-refractivity contribution in [1.82, 2.24) is 0 Å². The van der Waals surface area contributed by atoms with Gasteiger partial charge in [-0.05, 0) is 77.8 Å². The lowest BCUT2D eigenvalue weighted by atomic mass is 9.67. The van der Waals surface area contributed by atoms with Gasteiger partial charge < -0.3 is 24.2 Å². The molecule has 9 nitrogen and oxygen atoms in total. The molecule has 0 N–H and O–H groups in total. The normalized spacial score (nSPS) is 12.1. The summed E-state index contributed by atoms with van der Waals surface area (Å²) in [5.41, 5.74) is 12.9. The number of aromatic nitrogens is 2. The van der Waals surface area contributed by atoms with Gasteiger partial charge in [-0.25, -0.2) is 0 Å². The number of nitrogens with zero attached hydrogens (tertiary/aromatic N) is 2. The first-order valence-corrected chi connectivity index (χ1v) is 24.6. The Labute approximate surface area is 422 Å². The Morgan fingerprint density at radius 1 is 0.417 bits per heavy atom. The van der Waals surface area contributed by atoms with Crippen LogP contribution in [0.25, 0.3) is 22.3 Å². The minimum Gasteiger partial charge on any atom is -0.871 e. The molecule has 360 valence electrons. The number of fused-ring (bicyclic) bond motifs is 6. The van der Waals surface area contributed by atoms with E-state index < -0.39 is 7.32 Å². The summed E-state index contributed by atoms with van der Waals surface area (Å²) in [4.78, 5) is 11.2. The van der Waals surface area contributed by atoms with Gasteiger partial charge in [0.25, 0.3) is 0 Å². The fourth-order valence-corrected chi connectivity index (χ4v) is 9.83. The monoisotopic (exact) mass is 952 g/mol. The minimum absolute atomic E-state index is 0.114. The van der Waals surface area contributed by atoms with Crippen LogP contribution in [0.3, 0.4) is 0 Å². The van der Waals surface area contributed by atoms with E-state index in [1.165, 1.54) is 61.2 Å². The molecule has 0 atom stereocenters. The van der Waals surface area contributed by atoms with Gasteiger partial charge in [0.1, 0.15) is 0 Å². The summed E-state index contributed by atoms with van der Waals surface area (Å²) in [6.45, 7) is 5.26. The summed E-state index contributed by atoms with van der Waals surface area (Å²) >= 11 is 0. The summed E-state index contributed by atoms with van der Waals surface area (Å²) in [5, 5.41) is 21.4. The lowest BCUT2D eigenvalue weighted by Gasteiger charge is -2.37. The van der Waals surface area contributed by atoms with Gasteiger partial charge in [0.2, 0.25) is 12.4 Å². The minimum atomic E-state index is -2.23. The number of pyridine rings is 2. The summed E-state index contributed by atoms with van der Waals surface area (Å²) < 4.78 is 20.8. The number of hydrogen-bond donors (Lipinski definition) is 0. The Bertz CT molecular complexity index is 2810. The number of benzene rings is 7. The first-order valence-electron chi connectivity index (χ1n) is 24.6. The SMILES string of the molecule is CCO[n+]1ccccc1OC1c2ccccc2-c2ccccc21.CCO[n+]1ccccc1OC1c2ccccc2-c2ccccc21.[O-]B([O-])OCCCC(c1ccccc1)(c1ccccc1)c1ccccc1. The van der Waals surface area contributed by atoms with Crippen molar-refractivity contribution in [3.63, 3.8) is 0 Å².